The molecule has 40 heteroatoms. The fourth-order valence-electron chi connectivity index (χ4n) is 10.9. The summed E-state index contributed by atoms with van der Waals surface area (Å²) in [5.74, 6) is -8.19. The Morgan fingerprint density at radius 3 is 1.50 bits per heavy atom. The molecule has 1 aromatic carbocycles. The molecule has 0 aliphatic carbocycles. The minimum absolute atomic E-state index is 0.0146. The minimum atomic E-state index is -2.31. The van der Waals surface area contributed by atoms with Crippen LogP contribution in [0.15, 0.2) is 24.3 Å². The summed E-state index contributed by atoms with van der Waals surface area (Å²) < 4.78 is 48.0. The molecule has 4 aliphatic rings. The number of carbonyl (C=O) groups is 17. The van der Waals surface area contributed by atoms with Crippen LogP contribution in [0.5, 0.6) is 0 Å². The van der Waals surface area contributed by atoms with Gasteiger partial charge in [0.1, 0.15) is 19.8 Å². The van der Waals surface area contributed by atoms with Gasteiger partial charge in [0.25, 0.3) is 5.91 Å². The lowest BCUT2D eigenvalue weighted by Crippen LogP contribution is -2.51. The van der Waals surface area contributed by atoms with Gasteiger partial charge in [-0.25, -0.2) is 4.79 Å². The quantitative estimate of drug-likeness (QED) is 0.00733. The Labute approximate surface area is 653 Å². The largest absolute Gasteiger partial charge is 0.379 e. The van der Waals surface area contributed by atoms with E-state index in [1.54, 1.807) is 24.3 Å². The lowest BCUT2D eigenvalue weighted by atomic mass is 9.72. The molecule has 12 amide bonds. The van der Waals surface area contributed by atoms with Gasteiger partial charge in [-0.1, -0.05) is 33.7 Å². The Hall–Kier alpha value is -7.48. The summed E-state index contributed by atoms with van der Waals surface area (Å²) in [7, 11) is 2.55. The average molecular weight is 1630 g/mol. The van der Waals surface area contributed by atoms with Crippen molar-refractivity contribution in [1.29, 1.82) is 5.41 Å². The van der Waals surface area contributed by atoms with Crippen molar-refractivity contribution in [1.82, 2.24) is 40.9 Å². The van der Waals surface area contributed by atoms with Crippen LogP contribution >= 0.6 is 45.1 Å². The van der Waals surface area contributed by atoms with Gasteiger partial charge in [-0.3, -0.25) is 102 Å². The molecule has 110 heavy (non-hydrogen) atoms. The predicted molar refractivity (Wildman–Crippen MR) is 400 cm³/mol. The van der Waals surface area contributed by atoms with Crippen LogP contribution in [-0.2, 0) is 126 Å². The van der Waals surface area contributed by atoms with Crippen molar-refractivity contribution in [2.24, 2.45) is 5.41 Å². The Morgan fingerprint density at radius 2 is 1.01 bits per heavy atom. The number of rotatable bonds is 61. The van der Waals surface area contributed by atoms with Gasteiger partial charge in [-0.2, -0.15) is 0 Å². The molecular weight excluding hydrogens is 1530 g/mol. The molecule has 610 valence electrons. The summed E-state index contributed by atoms with van der Waals surface area (Å²) in [6.07, 6.45) is 1.34. The Balaban J connectivity index is 0.943. The summed E-state index contributed by atoms with van der Waals surface area (Å²) >= 11 is 2.37. The zero-order chi connectivity index (χ0) is 80.4. The maximum absolute atomic E-state index is 13.7. The van der Waals surface area contributed by atoms with E-state index in [1.165, 1.54) is 45.2 Å². The van der Waals surface area contributed by atoms with Crippen LogP contribution in [0.2, 0.25) is 0 Å². The number of Topliss-reactive ketones (excluding diaryl/α,β-unsaturated/α-hetero) is 6. The van der Waals surface area contributed by atoms with E-state index in [-0.39, 0.29) is 172 Å². The summed E-state index contributed by atoms with van der Waals surface area (Å²) in [5.41, 5.74) is -1.18. The van der Waals surface area contributed by atoms with Crippen molar-refractivity contribution in [3.05, 3.63) is 29.8 Å². The second kappa shape index (κ2) is 50.5. The van der Waals surface area contributed by atoms with Gasteiger partial charge in [0, 0.05) is 109 Å². The first-order valence-corrected chi connectivity index (χ1v) is 40.2. The number of imide groups is 4. The number of amidine groups is 1. The van der Waals surface area contributed by atoms with E-state index in [0.717, 1.165) is 47.9 Å². The number of nitrogens with zero attached hydrogens (tertiary/aromatic N) is 4. The molecule has 2 unspecified atom stereocenters. The molecule has 4 aliphatic heterocycles. The number of aryl methyl sites for hydroxylation is 1. The van der Waals surface area contributed by atoms with Crippen molar-refractivity contribution in [2.75, 3.05) is 188 Å². The summed E-state index contributed by atoms with van der Waals surface area (Å²) in [5, 5.41) is 20.0. The van der Waals surface area contributed by atoms with E-state index in [0.29, 0.717) is 101 Å². The highest BCUT2D eigenvalue weighted by Crippen LogP contribution is 2.66. The molecule has 6 N–H and O–H groups in total. The standard InChI is InChI=1S/C70H100N10O26S4/c1-47(81)69(48(2)82,49(3)83)55(85)14-24-98-28-32-102-36-39-105-35-31-101-27-20-74-58(87)16-41-108-54-43-64(93)79(67(54)96)23-18-75-68(97)80(65(94)46-106-45-60(89)76-52-10-7-51(8-11-52)9-12-61(90)77-21-13-62(77)91)44-59(88)73-17-22-78-63(92)42-53(66(78)95)107-40-5-6-57(71)72-19-26-100-30-34-104-38-37-103-33-29-99-25-15-56(86)70(50(4)84)109-110-70/h7-8,10-11,53-54H,5-6,9,12-46H2,1-4H3,(H2,71,72)(H,73,88)(H,74,87)(H,75,97)(H,76,89). The van der Waals surface area contributed by atoms with Gasteiger partial charge in [-0.15, -0.1) is 23.5 Å². The van der Waals surface area contributed by atoms with Crippen LogP contribution in [-0.4, -0.2) is 323 Å². The van der Waals surface area contributed by atoms with E-state index in [4.69, 9.17) is 48.0 Å². The van der Waals surface area contributed by atoms with Crippen molar-refractivity contribution < 1.29 is 124 Å². The SMILES string of the molecule is CC(=O)C1(C(=O)CCOCCOCCOCCOCCNC(=N)CCCSC2CC(=O)N(CCNC(=O)CN(C(=O)COCC(=O)Nc3ccc(CCC(=O)N4CCC4=O)cc3)C(=O)NCCN3C(=O)CC(SCCC(=O)NCCOCCOCCOCCOCCC(=O)C(C(C)=O)(C(C)=O)C(C)=O)C3=O)C2=O)SS1. The number of amides is 12. The molecule has 4 heterocycles. The molecule has 2 atom stereocenters. The van der Waals surface area contributed by atoms with Gasteiger partial charge in [-0.05, 0) is 64.0 Å². The van der Waals surface area contributed by atoms with E-state index in [1.807, 2.05) is 0 Å². The first-order chi connectivity index (χ1) is 52.7. The predicted octanol–water partition coefficient (Wildman–Crippen LogP) is 0.0473. The number of hydrogen-bond acceptors (Lipinski definition) is 31. The first kappa shape index (κ1) is 93.1. The number of nitrogens with one attached hydrogen (secondary N) is 6. The molecule has 0 bridgehead atoms. The smallest absolute Gasteiger partial charge is 0.324 e. The maximum Gasteiger partial charge on any atom is 0.324 e. The van der Waals surface area contributed by atoms with Crippen LogP contribution in [0.25, 0.3) is 0 Å². The lowest BCUT2D eigenvalue weighted by Gasteiger charge is -2.28. The number of carbonyl (C=O) groups excluding carboxylic acids is 17. The number of β-lactam (4-membered cyclic amide) rings is 1. The summed E-state index contributed by atoms with van der Waals surface area (Å²) in [6, 6.07) is 5.41. The number of hydrogen-bond donors (Lipinski definition) is 6. The van der Waals surface area contributed by atoms with Crippen LogP contribution in [0, 0.1) is 10.8 Å². The van der Waals surface area contributed by atoms with Crippen LogP contribution in [0.3, 0.4) is 0 Å². The zero-order valence-corrected chi connectivity index (χ0v) is 65.6. The number of ketones is 6. The van der Waals surface area contributed by atoms with Crippen molar-refractivity contribution in [2.45, 2.75) is 106 Å². The van der Waals surface area contributed by atoms with Crippen LogP contribution < -0.4 is 26.6 Å². The normalized spacial score (nSPS) is 15.8. The van der Waals surface area contributed by atoms with Gasteiger partial charge >= 0.3 is 6.03 Å². The van der Waals surface area contributed by atoms with Gasteiger partial charge in [0.05, 0.1) is 122 Å². The van der Waals surface area contributed by atoms with Gasteiger partial charge in [0.15, 0.2) is 38.8 Å². The molecule has 4 saturated heterocycles. The Bertz CT molecular complexity index is 3350. The highest BCUT2D eigenvalue weighted by molar-refractivity contribution is 8.94. The van der Waals surface area contributed by atoms with Crippen molar-refractivity contribution >= 4 is 156 Å². The number of ether oxygens (including phenoxy) is 9. The zero-order valence-electron chi connectivity index (χ0n) is 62.4. The van der Waals surface area contributed by atoms with Crippen LogP contribution in [0.1, 0.15) is 91.0 Å². The second-order valence-corrected chi connectivity index (χ2v) is 30.4. The number of benzene rings is 1. The fraction of sp³-hybridized carbons (Fsp3) is 0.657. The number of anilines is 1. The van der Waals surface area contributed by atoms with Gasteiger partial charge < -0.3 is 69.2 Å². The molecule has 0 aromatic heterocycles. The first-order valence-electron chi connectivity index (χ1n) is 36.0. The van der Waals surface area contributed by atoms with Crippen LogP contribution in [0.4, 0.5) is 10.5 Å². The number of likely N-dealkylation sites (tertiary alicyclic amines) is 3. The Kier molecular flexibility index (Phi) is 42.8. The third-order valence-electron chi connectivity index (χ3n) is 17.0. The highest BCUT2D eigenvalue weighted by Gasteiger charge is 2.57. The lowest BCUT2D eigenvalue weighted by molar-refractivity contribution is -0.155. The molecule has 1 aromatic rings. The molecule has 0 saturated carbocycles. The van der Waals surface area contributed by atoms with E-state index < -0.39 is 110 Å². The second-order valence-electron chi connectivity index (χ2n) is 25.0. The average Bonchev–Trinajstić information content (AvgIpc) is 1.73. The molecule has 5 rings (SSSR count). The topological polar surface area (TPSA) is 470 Å². The van der Waals surface area contributed by atoms with E-state index in [2.05, 4.69) is 26.6 Å². The summed E-state index contributed by atoms with van der Waals surface area (Å²) in [4.78, 5) is 219. The Morgan fingerprint density at radius 1 is 0.527 bits per heavy atom. The molecular formula is C70H100N10O26S4. The summed E-state index contributed by atoms with van der Waals surface area (Å²) in [6.45, 7) is 5.64. The highest BCUT2D eigenvalue weighted by atomic mass is 33.2. The number of urea groups is 1. The van der Waals surface area contributed by atoms with E-state index in [9.17, 15) is 81.5 Å². The third-order valence-corrected chi connectivity index (χ3v) is 22.5. The molecule has 36 nitrogen and oxygen atoms in total. The van der Waals surface area contributed by atoms with E-state index >= 15 is 0 Å². The maximum atomic E-state index is 13.7. The van der Waals surface area contributed by atoms with Crippen molar-refractivity contribution in [3.63, 3.8) is 0 Å². The van der Waals surface area contributed by atoms with Crippen molar-refractivity contribution in [3.8, 4) is 0 Å². The fourth-order valence-corrected chi connectivity index (χ4v) is 15.3. The molecule has 0 radical (unpaired) electrons. The minimum Gasteiger partial charge on any atom is -0.379 e. The monoisotopic (exact) mass is 1620 g/mol. The third kappa shape index (κ3) is 32.0. The number of thioether (sulfide) groups is 2. The van der Waals surface area contributed by atoms with Gasteiger partial charge in [0.2, 0.25) is 58.6 Å². The molecule has 0 spiro atoms. The molecule has 4 fully saturated rings.